The van der Waals surface area contributed by atoms with E-state index in [0.717, 1.165) is 15.8 Å². The van der Waals surface area contributed by atoms with Crippen molar-refractivity contribution in [1.82, 2.24) is 4.98 Å². The third-order valence-electron chi connectivity index (χ3n) is 2.27. The molecular formula is C13H11BrClNO. The Morgan fingerprint density at radius 1 is 1.29 bits per heavy atom. The fourth-order valence-corrected chi connectivity index (χ4v) is 2.22. The van der Waals surface area contributed by atoms with Gasteiger partial charge in [0.2, 0.25) is 0 Å². The van der Waals surface area contributed by atoms with Gasteiger partial charge in [-0.3, -0.25) is 0 Å². The molecule has 0 fully saturated rings. The zero-order valence-electron chi connectivity index (χ0n) is 9.28. The van der Waals surface area contributed by atoms with Crippen LogP contribution in [0.15, 0.2) is 41.0 Å². The third-order valence-corrected chi connectivity index (χ3v) is 3.10. The quantitative estimate of drug-likeness (QED) is 0.784. The van der Waals surface area contributed by atoms with Crippen LogP contribution in [-0.4, -0.2) is 4.98 Å². The number of rotatable bonds is 3. The van der Waals surface area contributed by atoms with E-state index in [4.69, 9.17) is 16.3 Å². The van der Waals surface area contributed by atoms with Crippen LogP contribution in [0.4, 0.5) is 0 Å². The van der Waals surface area contributed by atoms with Crippen molar-refractivity contribution in [1.29, 1.82) is 0 Å². The molecule has 0 aliphatic heterocycles. The first-order chi connectivity index (χ1) is 8.15. The summed E-state index contributed by atoms with van der Waals surface area (Å²) in [6.45, 7) is 2.51. The smallest absolute Gasteiger partial charge is 0.134 e. The Morgan fingerprint density at radius 3 is 2.82 bits per heavy atom. The molecule has 1 heterocycles. The van der Waals surface area contributed by atoms with Crippen LogP contribution >= 0.6 is 27.5 Å². The molecule has 2 aromatic rings. The van der Waals surface area contributed by atoms with Gasteiger partial charge < -0.3 is 4.74 Å². The highest BCUT2D eigenvalue weighted by atomic mass is 79.9. The first-order valence-corrected chi connectivity index (χ1v) is 6.31. The van der Waals surface area contributed by atoms with Crippen molar-refractivity contribution >= 4 is 27.5 Å². The lowest BCUT2D eigenvalue weighted by molar-refractivity contribution is 0.304. The van der Waals surface area contributed by atoms with Gasteiger partial charge in [0.15, 0.2) is 0 Å². The van der Waals surface area contributed by atoms with Crippen LogP contribution in [0, 0.1) is 6.92 Å². The van der Waals surface area contributed by atoms with E-state index in [1.807, 2.05) is 31.2 Å². The van der Waals surface area contributed by atoms with Crippen LogP contribution < -0.4 is 4.74 Å². The second-order valence-corrected chi connectivity index (χ2v) is 4.95. The zero-order valence-corrected chi connectivity index (χ0v) is 11.6. The highest BCUT2D eigenvalue weighted by Gasteiger charge is 2.02. The summed E-state index contributed by atoms with van der Waals surface area (Å²) in [6.07, 6.45) is 1.67. The van der Waals surface area contributed by atoms with Crippen LogP contribution in [0.1, 0.15) is 11.1 Å². The number of hydrogen-bond donors (Lipinski definition) is 0. The van der Waals surface area contributed by atoms with Crippen molar-refractivity contribution in [2.24, 2.45) is 0 Å². The van der Waals surface area contributed by atoms with E-state index >= 15 is 0 Å². The fourth-order valence-electron chi connectivity index (χ4n) is 1.42. The second-order valence-electron chi connectivity index (χ2n) is 3.71. The first kappa shape index (κ1) is 12.4. The lowest BCUT2D eigenvalue weighted by atomic mass is 10.2. The van der Waals surface area contributed by atoms with Crippen molar-refractivity contribution in [3.8, 4) is 5.75 Å². The van der Waals surface area contributed by atoms with Crippen LogP contribution in [0.2, 0.25) is 5.15 Å². The van der Waals surface area contributed by atoms with E-state index in [0.29, 0.717) is 11.8 Å². The van der Waals surface area contributed by atoms with Crippen LogP contribution in [0.5, 0.6) is 5.75 Å². The van der Waals surface area contributed by atoms with Gasteiger partial charge in [-0.1, -0.05) is 17.7 Å². The van der Waals surface area contributed by atoms with Crippen LogP contribution in [0.3, 0.4) is 0 Å². The van der Waals surface area contributed by atoms with Gasteiger partial charge >= 0.3 is 0 Å². The lowest BCUT2D eigenvalue weighted by Crippen LogP contribution is -1.96. The number of benzene rings is 1. The van der Waals surface area contributed by atoms with Crippen LogP contribution in [-0.2, 0) is 6.61 Å². The number of hydrogen-bond acceptors (Lipinski definition) is 2. The summed E-state index contributed by atoms with van der Waals surface area (Å²) in [5.74, 6) is 0.823. The number of aryl methyl sites for hydroxylation is 1. The van der Waals surface area contributed by atoms with E-state index in [2.05, 4.69) is 20.9 Å². The molecule has 0 saturated heterocycles. The molecule has 0 spiro atoms. The molecule has 0 N–H and O–H groups in total. The molecule has 2 nitrogen and oxygen atoms in total. The summed E-state index contributed by atoms with van der Waals surface area (Å²) < 4.78 is 6.66. The molecule has 0 bridgehead atoms. The number of aromatic nitrogens is 1. The molecule has 0 aliphatic rings. The lowest BCUT2D eigenvalue weighted by Gasteiger charge is -2.08. The maximum atomic E-state index is 5.80. The zero-order chi connectivity index (χ0) is 12.3. The molecule has 4 heteroatoms. The summed E-state index contributed by atoms with van der Waals surface area (Å²) in [6, 6.07) is 9.66. The number of ether oxygens (including phenoxy) is 1. The van der Waals surface area contributed by atoms with E-state index in [1.54, 1.807) is 12.3 Å². The normalized spacial score (nSPS) is 10.3. The van der Waals surface area contributed by atoms with Gasteiger partial charge in [0.25, 0.3) is 0 Å². The van der Waals surface area contributed by atoms with Crippen LogP contribution in [0.25, 0.3) is 0 Å². The second kappa shape index (κ2) is 5.52. The maximum absolute atomic E-state index is 5.80. The minimum absolute atomic E-state index is 0.476. The van der Waals surface area contributed by atoms with Crippen molar-refractivity contribution < 1.29 is 4.74 Å². The molecular weight excluding hydrogens is 302 g/mol. The average molecular weight is 313 g/mol. The largest absolute Gasteiger partial charge is 0.488 e. The Labute approximate surface area is 114 Å². The summed E-state index contributed by atoms with van der Waals surface area (Å²) in [4.78, 5) is 3.92. The highest BCUT2D eigenvalue weighted by Crippen LogP contribution is 2.26. The number of nitrogens with zero attached hydrogens (tertiary/aromatic N) is 1. The molecule has 0 aliphatic carbocycles. The van der Waals surface area contributed by atoms with Gasteiger partial charge in [0, 0.05) is 6.20 Å². The number of pyridine rings is 1. The summed E-state index contributed by atoms with van der Waals surface area (Å²) in [7, 11) is 0. The molecule has 2 rings (SSSR count). The van der Waals surface area contributed by atoms with E-state index < -0.39 is 0 Å². The molecule has 1 aromatic heterocycles. The van der Waals surface area contributed by atoms with Gasteiger partial charge in [-0.15, -0.1) is 0 Å². The predicted octanol–water partition coefficient (Wildman–Crippen LogP) is 4.38. The monoisotopic (exact) mass is 311 g/mol. The molecule has 0 amide bonds. The highest BCUT2D eigenvalue weighted by molar-refractivity contribution is 9.10. The fraction of sp³-hybridized carbons (Fsp3) is 0.154. The SMILES string of the molecule is Cc1ccc(OCc2ccnc(Cl)c2)c(Br)c1. The van der Waals surface area contributed by atoms with Gasteiger partial charge in [-0.05, 0) is 58.2 Å². The predicted molar refractivity (Wildman–Crippen MR) is 72.5 cm³/mol. The van der Waals surface area contributed by atoms with Gasteiger partial charge in [0.1, 0.15) is 17.5 Å². The topological polar surface area (TPSA) is 22.1 Å². The van der Waals surface area contributed by atoms with Crippen molar-refractivity contribution in [2.75, 3.05) is 0 Å². The maximum Gasteiger partial charge on any atom is 0.134 e. The number of halogens is 2. The van der Waals surface area contributed by atoms with Gasteiger partial charge in [-0.2, -0.15) is 0 Å². The molecule has 17 heavy (non-hydrogen) atoms. The summed E-state index contributed by atoms with van der Waals surface area (Å²) in [5, 5.41) is 0.481. The Balaban J connectivity index is 2.07. The Kier molecular flexibility index (Phi) is 4.02. The minimum Gasteiger partial charge on any atom is -0.488 e. The van der Waals surface area contributed by atoms with E-state index in [9.17, 15) is 0 Å². The molecule has 1 aromatic carbocycles. The summed E-state index contributed by atoms with van der Waals surface area (Å²) in [5.41, 5.74) is 2.19. The van der Waals surface area contributed by atoms with Crippen molar-refractivity contribution in [3.05, 3.63) is 57.3 Å². The van der Waals surface area contributed by atoms with Crippen molar-refractivity contribution in [3.63, 3.8) is 0 Å². The van der Waals surface area contributed by atoms with Gasteiger partial charge in [-0.25, -0.2) is 4.98 Å². The molecule has 0 radical (unpaired) electrons. The molecule has 0 unspecified atom stereocenters. The molecule has 0 saturated carbocycles. The average Bonchev–Trinajstić information content (AvgIpc) is 2.28. The molecule has 88 valence electrons. The Bertz CT molecular complexity index is 531. The van der Waals surface area contributed by atoms with Crippen molar-refractivity contribution in [2.45, 2.75) is 13.5 Å². The standard InChI is InChI=1S/C13H11BrClNO/c1-9-2-3-12(11(14)6-9)17-8-10-4-5-16-13(15)7-10/h2-7H,8H2,1H3. The van der Waals surface area contributed by atoms with E-state index in [-0.39, 0.29) is 0 Å². The first-order valence-electron chi connectivity index (χ1n) is 5.14. The summed E-state index contributed by atoms with van der Waals surface area (Å²) >= 11 is 9.27. The minimum atomic E-state index is 0.476. The molecule has 0 atom stereocenters. The Morgan fingerprint density at radius 2 is 2.12 bits per heavy atom. The van der Waals surface area contributed by atoms with E-state index in [1.165, 1.54) is 5.56 Å². The third kappa shape index (κ3) is 3.45. The Hall–Kier alpha value is -1.06. The van der Waals surface area contributed by atoms with Gasteiger partial charge in [0.05, 0.1) is 4.47 Å².